The van der Waals surface area contributed by atoms with Gasteiger partial charge in [0.15, 0.2) is 0 Å². The maximum atomic E-state index is 13.7. The molecule has 2 aromatic heterocycles. The minimum atomic E-state index is -5.94. The van der Waals surface area contributed by atoms with Crippen LogP contribution >= 0.6 is 33.0 Å². The molecule has 0 aliphatic rings. The largest absolute Gasteiger partial charge is 0.524 e. The molecule has 5 aromatic rings. The van der Waals surface area contributed by atoms with Crippen LogP contribution in [0.5, 0.6) is 0 Å². The summed E-state index contributed by atoms with van der Waals surface area (Å²) < 4.78 is 71.7. The number of hydrogen-bond donors (Lipinski definition) is 0. The molecule has 3 nitrogen and oxygen atoms in total. The van der Waals surface area contributed by atoms with E-state index in [-0.39, 0.29) is 0 Å². The number of aryl methyl sites for hydroxylation is 1. The van der Waals surface area contributed by atoms with E-state index in [1.165, 1.54) is 16.2 Å². The van der Waals surface area contributed by atoms with Crippen LogP contribution in [0.3, 0.4) is 0 Å². The van der Waals surface area contributed by atoms with Gasteiger partial charge in [-0.3, -0.25) is 0 Å². The molecule has 0 bridgehead atoms. The lowest BCUT2D eigenvalue weighted by molar-refractivity contribution is -0.0496. The number of hydrogen-bond acceptors (Lipinski definition) is 5. The van der Waals surface area contributed by atoms with E-state index in [9.17, 15) is 21.6 Å². The van der Waals surface area contributed by atoms with Crippen molar-refractivity contribution in [1.82, 2.24) is 0 Å². The van der Waals surface area contributed by atoms with Gasteiger partial charge in [0.1, 0.15) is 0 Å². The molecule has 0 aliphatic heterocycles. The first-order valence-corrected chi connectivity index (χ1v) is 15.9. The van der Waals surface area contributed by atoms with Crippen LogP contribution in [0, 0.1) is 6.92 Å². The summed E-state index contributed by atoms with van der Waals surface area (Å²) in [5.41, 5.74) is -3.65. The minimum absolute atomic E-state index is 0.343. The van der Waals surface area contributed by atoms with Gasteiger partial charge in [-0.25, -0.2) is 0 Å². The molecular weight excluding hydrogens is 570 g/mol. The van der Waals surface area contributed by atoms with Crippen molar-refractivity contribution in [2.45, 2.75) is 26.4 Å². The summed E-state index contributed by atoms with van der Waals surface area (Å²) >= 11 is 2.92. The summed E-state index contributed by atoms with van der Waals surface area (Å²) in [4.78, 5) is 3.82. The van der Waals surface area contributed by atoms with Gasteiger partial charge in [-0.05, 0) is 76.9 Å². The van der Waals surface area contributed by atoms with Crippen LogP contribution in [-0.2, 0) is 13.7 Å². The Kier molecular flexibility index (Phi) is 7.27. The Morgan fingerprint density at radius 2 is 1.11 bits per heavy atom. The molecule has 0 saturated carbocycles. The zero-order valence-electron chi connectivity index (χ0n) is 19.9. The molecule has 0 fully saturated rings. The lowest BCUT2D eigenvalue weighted by Gasteiger charge is -2.38. The Labute approximate surface area is 228 Å². The predicted octanol–water partition coefficient (Wildman–Crippen LogP) is 9.51. The number of halogens is 3. The van der Waals surface area contributed by atoms with Crippen LogP contribution in [0.25, 0.3) is 20.9 Å². The van der Waals surface area contributed by atoms with Gasteiger partial charge in [-0.15, -0.1) is 22.7 Å². The molecule has 5 rings (SSSR count). The number of benzene rings is 3. The van der Waals surface area contributed by atoms with Crippen molar-refractivity contribution in [1.29, 1.82) is 0 Å². The monoisotopic (exact) mass is 590 g/mol. The van der Waals surface area contributed by atoms with E-state index < -0.39 is 25.9 Å². The van der Waals surface area contributed by atoms with E-state index in [0.29, 0.717) is 14.0 Å². The molecule has 0 radical (unpaired) electrons. The number of thiophene rings is 2. The summed E-state index contributed by atoms with van der Waals surface area (Å²) in [7, 11) is -9.24. The summed E-state index contributed by atoms with van der Waals surface area (Å²) in [6, 6.07) is 32.0. The highest BCUT2D eigenvalue weighted by Crippen LogP contribution is 2.72. The van der Waals surface area contributed by atoms with Crippen molar-refractivity contribution < 1.29 is 25.2 Å². The van der Waals surface area contributed by atoms with Crippen molar-refractivity contribution in [2.75, 3.05) is 0 Å². The van der Waals surface area contributed by atoms with E-state index >= 15 is 0 Å². The Morgan fingerprint density at radius 1 is 0.632 bits per heavy atom. The highest BCUT2D eigenvalue weighted by molar-refractivity contribution is 8.34. The molecule has 0 unspecified atom stereocenters. The van der Waals surface area contributed by atoms with Gasteiger partial charge in [0.05, 0.1) is 4.21 Å². The van der Waals surface area contributed by atoms with Crippen LogP contribution in [0.15, 0.2) is 123 Å². The molecule has 196 valence electrons. The van der Waals surface area contributed by atoms with Gasteiger partial charge in [-0.1, -0.05) is 60.7 Å². The quantitative estimate of drug-likeness (QED) is 0.177. The zero-order valence-corrected chi connectivity index (χ0v) is 23.1. The van der Waals surface area contributed by atoms with Gasteiger partial charge in [0.2, 0.25) is 0 Å². The molecule has 38 heavy (non-hydrogen) atoms. The standard InChI is InChI=1S/C28H21F3O3S4/c1-20-12-17-25(35-20)21-13-15-22(16-14-21)26-18-19-27(36-26)37(23-8-4-2-5-9-23,24-10-6-3-7-11-24)34-38(32,33)28(29,30)31/h2-19H,1H3. The van der Waals surface area contributed by atoms with Gasteiger partial charge in [0.25, 0.3) is 0 Å². The van der Waals surface area contributed by atoms with Crippen LogP contribution in [0.2, 0.25) is 0 Å². The third kappa shape index (κ3) is 5.06. The highest BCUT2D eigenvalue weighted by atomic mass is 32.3. The van der Waals surface area contributed by atoms with Crippen molar-refractivity contribution in [3.63, 3.8) is 0 Å². The first-order valence-electron chi connectivity index (χ1n) is 11.3. The summed E-state index contributed by atoms with van der Waals surface area (Å²) in [5, 5.41) is 0. The molecule has 3 aromatic carbocycles. The lowest BCUT2D eigenvalue weighted by atomic mass is 10.1. The second-order valence-electron chi connectivity index (χ2n) is 8.26. The topological polar surface area (TPSA) is 43.4 Å². The molecule has 0 aliphatic carbocycles. The molecule has 0 spiro atoms. The van der Waals surface area contributed by atoms with Crippen LogP contribution < -0.4 is 0 Å². The smallest absolute Gasteiger partial charge is 0.199 e. The second kappa shape index (κ2) is 10.3. The Morgan fingerprint density at radius 3 is 1.55 bits per heavy atom. The van der Waals surface area contributed by atoms with Crippen LogP contribution in [0.4, 0.5) is 13.2 Å². The Balaban J connectivity index is 1.66. The van der Waals surface area contributed by atoms with E-state index in [0.717, 1.165) is 20.9 Å². The average Bonchev–Trinajstić information content (AvgIpc) is 3.58. The predicted molar refractivity (Wildman–Crippen MR) is 149 cm³/mol. The van der Waals surface area contributed by atoms with E-state index in [2.05, 4.69) is 12.1 Å². The fraction of sp³-hybridized carbons (Fsp3) is 0.0714. The van der Waals surface area contributed by atoms with Gasteiger partial charge in [-0.2, -0.15) is 25.2 Å². The maximum Gasteiger partial charge on any atom is 0.524 e. The van der Waals surface area contributed by atoms with E-state index in [1.807, 2.05) is 31.2 Å². The summed E-state index contributed by atoms with van der Waals surface area (Å²) in [5.74, 6) is 0. The third-order valence-electron chi connectivity index (χ3n) is 5.68. The summed E-state index contributed by atoms with van der Waals surface area (Å²) in [6.07, 6.45) is 0. The third-order valence-corrected chi connectivity index (χ3v) is 13.3. The molecule has 0 amide bonds. The number of alkyl halides is 3. The first-order chi connectivity index (χ1) is 18.1. The van der Waals surface area contributed by atoms with E-state index in [1.54, 1.807) is 84.1 Å². The molecule has 0 N–H and O–H groups in total. The fourth-order valence-electron chi connectivity index (χ4n) is 3.90. The van der Waals surface area contributed by atoms with Crippen molar-refractivity contribution in [2.24, 2.45) is 0 Å². The van der Waals surface area contributed by atoms with Crippen molar-refractivity contribution in [3.05, 3.63) is 114 Å². The lowest BCUT2D eigenvalue weighted by Crippen LogP contribution is -2.27. The first kappa shape index (κ1) is 26.7. The fourth-order valence-corrected chi connectivity index (χ4v) is 11.4. The maximum absolute atomic E-state index is 13.7. The van der Waals surface area contributed by atoms with Crippen LogP contribution in [-0.4, -0.2) is 13.9 Å². The van der Waals surface area contributed by atoms with Gasteiger partial charge in [0, 0.05) is 24.4 Å². The Bertz CT molecular complexity index is 1600. The average molecular weight is 591 g/mol. The van der Waals surface area contributed by atoms with E-state index in [4.69, 9.17) is 3.63 Å². The molecule has 10 heteroatoms. The van der Waals surface area contributed by atoms with Crippen molar-refractivity contribution >= 4 is 43.1 Å². The molecule has 0 atom stereocenters. The zero-order chi connectivity index (χ0) is 27.0. The molecular formula is C28H21F3O3S4. The SMILES string of the molecule is Cc1ccc(-c2ccc(-c3ccc(S(OS(=O)(=O)C(F)(F)F)(c4ccccc4)c4ccccc4)s3)cc2)s1. The van der Waals surface area contributed by atoms with Gasteiger partial charge >= 0.3 is 15.6 Å². The highest BCUT2D eigenvalue weighted by Gasteiger charge is 2.52. The summed E-state index contributed by atoms with van der Waals surface area (Å²) in [6.45, 7) is 2.05. The van der Waals surface area contributed by atoms with Crippen molar-refractivity contribution in [3.8, 4) is 20.9 Å². The normalized spacial score (nSPS) is 12.9. The number of rotatable bonds is 7. The second-order valence-corrected chi connectivity index (χ2v) is 15.3. The van der Waals surface area contributed by atoms with Gasteiger partial charge < -0.3 is 0 Å². The van der Waals surface area contributed by atoms with Crippen LogP contribution in [0.1, 0.15) is 4.88 Å². The molecule has 0 saturated heterocycles. The molecule has 2 heterocycles. The Hall–Kier alpha value is -2.89. The minimum Gasteiger partial charge on any atom is -0.199 e.